The number of hydrogen-bond acceptors (Lipinski definition) is 6. The van der Waals surface area contributed by atoms with Crippen LogP contribution in [0.5, 0.6) is 0 Å². The average molecular weight is 382 g/mol. The molecular weight excluding hydrogens is 358 g/mol. The fraction of sp³-hybridized carbons (Fsp3) is 0.450. The quantitative estimate of drug-likeness (QED) is 0.864. The molecule has 2 aromatic heterocycles. The molecule has 4 heterocycles. The van der Waals surface area contributed by atoms with Gasteiger partial charge in [-0.1, -0.05) is 6.92 Å². The van der Waals surface area contributed by atoms with E-state index in [1.165, 1.54) is 11.3 Å². The molecule has 4 rings (SSSR count). The number of likely N-dealkylation sites (tertiary alicyclic amines) is 1. The first-order chi connectivity index (χ1) is 13.1. The molecule has 7 heteroatoms. The molecule has 0 spiro atoms. The maximum absolute atomic E-state index is 12.7. The van der Waals surface area contributed by atoms with Gasteiger partial charge in [0.15, 0.2) is 0 Å². The highest BCUT2D eigenvalue weighted by atomic mass is 32.1. The van der Waals surface area contributed by atoms with Gasteiger partial charge in [-0.05, 0) is 42.9 Å². The van der Waals surface area contributed by atoms with Gasteiger partial charge >= 0.3 is 0 Å². The lowest BCUT2D eigenvalue weighted by Crippen LogP contribution is -2.38. The number of amides is 1. The number of nitrogens with two attached hydrogens (primary N) is 1. The SMILES string of the molecule is CC1CCN(C(=O)c2ccc(N3CCc4c(sc(N)c4C#N)C3)nc2)CC1. The Morgan fingerprint density at radius 2 is 2.11 bits per heavy atom. The van der Waals surface area contributed by atoms with Crippen molar-refractivity contribution in [2.45, 2.75) is 32.7 Å². The van der Waals surface area contributed by atoms with Gasteiger partial charge in [-0.15, -0.1) is 11.3 Å². The molecule has 1 fully saturated rings. The minimum Gasteiger partial charge on any atom is -0.389 e. The van der Waals surface area contributed by atoms with Crippen LogP contribution < -0.4 is 10.6 Å². The summed E-state index contributed by atoms with van der Waals surface area (Å²) < 4.78 is 0. The number of nitriles is 1. The summed E-state index contributed by atoms with van der Waals surface area (Å²) in [7, 11) is 0. The topological polar surface area (TPSA) is 86.3 Å². The highest BCUT2D eigenvalue weighted by molar-refractivity contribution is 7.16. The van der Waals surface area contributed by atoms with Crippen LogP contribution in [-0.4, -0.2) is 35.4 Å². The number of hydrogen-bond donors (Lipinski definition) is 1. The molecular formula is C20H23N5OS. The van der Waals surface area contributed by atoms with E-state index in [1.54, 1.807) is 6.20 Å². The maximum atomic E-state index is 12.7. The Kier molecular flexibility index (Phi) is 4.75. The molecule has 1 amide bonds. The Balaban J connectivity index is 1.46. The summed E-state index contributed by atoms with van der Waals surface area (Å²) in [5, 5.41) is 9.87. The third-order valence-electron chi connectivity index (χ3n) is 5.59. The Morgan fingerprint density at radius 3 is 2.78 bits per heavy atom. The number of piperidine rings is 1. The van der Waals surface area contributed by atoms with E-state index in [0.717, 1.165) is 55.2 Å². The lowest BCUT2D eigenvalue weighted by molar-refractivity contribution is 0.0697. The predicted molar refractivity (Wildman–Crippen MR) is 107 cm³/mol. The van der Waals surface area contributed by atoms with E-state index in [-0.39, 0.29) is 5.91 Å². The van der Waals surface area contributed by atoms with Crippen molar-refractivity contribution < 1.29 is 4.79 Å². The van der Waals surface area contributed by atoms with Gasteiger partial charge in [0.1, 0.15) is 16.9 Å². The number of carbonyl (C=O) groups is 1. The fourth-order valence-corrected chi connectivity index (χ4v) is 4.92. The van der Waals surface area contributed by atoms with Crippen molar-refractivity contribution in [3.8, 4) is 6.07 Å². The van der Waals surface area contributed by atoms with Gasteiger partial charge in [-0.2, -0.15) is 5.26 Å². The fourth-order valence-electron chi connectivity index (χ4n) is 3.84. The van der Waals surface area contributed by atoms with Crippen molar-refractivity contribution in [3.05, 3.63) is 39.9 Å². The zero-order chi connectivity index (χ0) is 19.0. The van der Waals surface area contributed by atoms with Crippen molar-refractivity contribution in [1.82, 2.24) is 9.88 Å². The van der Waals surface area contributed by atoms with Crippen LogP contribution in [0.1, 0.15) is 46.1 Å². The summed E-state index contributed by atoms with van der Waals surface area (Å²) in [6, 6.07) is 6.02. The normalized spacial score (nSPS) is 17.5. The molecule has 140 valence electrons. The van der Waals surface area contributed by atoms with Crippen LogP contribution in [0.2, 0.25) is 0 Å². The minimum atomic E-state index is 0.0755. The Labute approximate surface area is 163 Å². The molecule has 2 aromatic rings. The van der Waals surface area contributed by atoms with Gasteiger partial charge in [-0.3, -0.25) is 4.79 Å². The van der Waals surface area contributed by atoms with Gasteiger partial charge in [0.2, 0.25) is 0 Å². The summed E-state index contributed by atoms with van der Waals surface area (Å²) in [4.78, 5) is 22.5. The number of carbonyl (C=O) groups excluding carboxylic acids is 1. The molecule has 0 aliphatic carbocycles. The van der Waals surface area contributed by atoms with Crippen LogP contribution in [0.15, 0.2) is 18.3 Å². The van der Waals surface area contributed by atoms with Crippen molar-refractivity contribution in [1.29, 1.82) is 5.26 Å². The average Bonchev–Trinajstić information content (AvgIpc) is 3.02. The first-order valence-electron chi connectivity index (χ1n) is 9.37. The van der Waals surface area contributed by atoms with E-state index in [1.807, 2.05) is 17.0 Å². The molecule has 2 aliphatic heterocycles. The number of rotatable bonds is 2. The largest absolute Gasteiger partial charge is 0.389 e. The number of thiophene rings is 1. The zero-order valence-corrected chi connectivity index (χ0v) is 16.3. The third-order valence-corrected chi connectivity index (χ3v) is 6.63. The summed E-state index contributed by atoms with van der Waals surface area (Å²) in [6.45, 7) is 5.40. The molecule has 2 N–H and O–H groups in total. The number of nitrogens with zero attached hydrogens (tertiary/aromatic N) is 4. The van der Waals surface area contributed by atoms with E-state index in [9.17, 15) is 10.1 Å². The first kappa shape index (κ1) is 17.8. The van der Waals surface area contributed by atoms with Crippen LogP contribution >= 0.6 is 11.3 Å². The van der Waals surface area contributed by atoms with Crippen LogP contribution in [-0.2, 0) is 13.0 Å². The van der Waals surface area contributed by atoms with Gasteiger partial charge in [-0.25, -0.2) is 4.98 Å². The van der Waals surface area contributed by atoms with Crippen LogP contribution in [0, 0.1) is 17.2 Å². The lowest BCUT2D eigenvalue weighted by atomic mass is 9.99. The first-order valence-corrected chi connectivity index (χ1v) is 10.2. The number of aromatic nitrogens is 1. The highest BCUT2D eigenvalue weighted by Crippen LogP contribution is 2.35. The molecule has 6 nitrogen and oxygen atoms in total. The van der Waals surface area contributed by atoms with Crippen LogP contribution in [0.3, 0.4) is 0 Å². The number of pyridine rings is 1. The molecule has 0 radical (unpaired) electrons. The molecule has 27 heavy (non-hydrogen) atoms. The lowest BCUT2D eigenvalue weighted by Gasteiger charge is -2.30. The van der Waals surface area contributed by atoms with Gasteiger partial charge in [0.25, 0.3) is 5.91 Å². The maximum Gasteiger partial charge on any atom is 0.255 e. The van der Waals surface area contributed by atoms with Gasteiger partial charge < -0.3 is 15.5 Å². The van der Waals surface area contributed by atoms with Gasteiger partial charge in [0, 0.05) is 30.7 Å². The molecule has 0 unspecified atom stereocenters. The van der Waals surface area contributed by atoms with Crippen LogP contribution in [0.25, 0.3) is 0 Å². The van der Waals surface area contributed by atoms with Crippen molar-refractivity contribution >= 4 is 28.1 Å². The van der Waals surface area contributed by atoms with E-state index >= 15 is 0 Å². The van der Waals surface area contributed by atoms with E-state index in [0.29, 0.717) is 28.6 Å². The smallest absolute Gasteiger partial charge is 0.255 e. The highest BCUT2D eigenvalue weighted by Gasteiger charge is 2.25. The van der Waals surface area contributed by atoms with Crippen molar-refractivity contribution in [2.24, 2.45) is 5.92 Å². The Morgan fingerprint density at radius 1 is 1.33 bits per heavy atom. The van der Waals surface area contributed by atoms with E-state index in [4.69, 9.17) is 5.73 Å². The zero-order valence-electron chi connectivity index (χ0n) is 15.4. The van der Waals surface area contributed by atoms with Crippen molar-refractivity contribution in [3.63, 3.8) is 0 Å². The van der Waals surface area contributed by atoms with Gasteiger partial charge in [0.05, 0.1) is 17.7 Å². The minimum absolute atomic E-state index is 0.0755. The monoisotopic (exact) mass is 381 g/mol. The molecule has 0 saturated carbocycles. The van der Waals surface area contributed by atoms with E-state index < -0.39 is 0 Å². The second kappa shape index (κ2) is 7.20. The van der Waals surface area contributed by atoms with Crippen LogP contribution in [0.4, 0.5) is 10.8 Å². The molecule has 2 aliphatic rings. The molecule has 0 atom stereocenters. The number of nitrogen functional groups attached to an aromatic ring is 1. The molecule has 0 bridgehead atoms. The summed E-state index contributed by atoms with van der Waals surface area (Å²) in [6.07, 6.45) is 4.62. The second-order valence-corrected chi connectivity index (χ2v) is 8.54. The molecule has 1 saturated heterocycles. The van der Waals surface area contributed by atoms with E-state index in [2.05, 4.69) is 22.9 Å². The summed E-state index contributed by atoms with van der Waals surface area (Å²) >= 11 is 1.49. The Hall–Kier alpha value is -2.59. The number of fused-ring (bicyclic) bond motifs is 1. The summed E-state index contributed by atoms with van der Waals surface area (Å²) in [5.74, 6) is 1.63. The second-order valence-electron chi connectivity index (χ2n) is 7.41. The Bertz CT molecular complexity index is 890. The third kappa shape index (κ3) is 3.37. The van der Waals surface area contributed by atoms with Crippen molar-refractivity contribution in [2.75, 3.05) is 30.3 Å². The summed E-state index contributed by atoms with van der Waals surface area (Å²) in [5.41, 5.74) is 8.34. The number of anilines is 2. The predicted octanol–water partition coefficient (Wildman–Crippen LogP) is 3.03. The standard InChI is InChI=1S/C20H23N5OS/c1-13-4-7-24(8-5-13)20(26)14-2-3-18(23-11-14)25-9-6-15-16(10-21)19(22)27-17(15)12-25/h2-3,11,13H,4-9,12,22H2,1H3. The molecule has 0 aromatic carbocycles.